The normalized spacial score (nSPS) is 17.2. The second-order valence-electron chi connectivity index (χ2n) is 9.53. The highest BCUT2D eigenvalue weighted by atomic mass is 16.5. The van der Waals surface area contributed by atoms with Gasteiger partial charge in [-0.05, 0) is 91.6 Å². The third-order valence-electron chi connectivity index (χ3n) is 6.87. The number of benzene rings is 3. The molecular formula is C32H34N4O4. The average Bonchev–Trinajstić information content (AvgIpc) is 3.28. The number of ether oxygens (including phenoxy) is 3. The van der Waals surface area contributed by atoms with Crippen LogP contribution in [0.1, 0.15) is 24.8 Å². The maximum atomic E-state index is 13.2. The minimum absolute atomic E-state index is 0.224. The Morgan fingerprint density at radius 1 is 0.850 bits per heavy atom. The lowest BCUT2D eigenvalue weighted by molar-refractivity contribution is -0.122. The fourth-order valence-corrected chi connectivity index (χ4v) is 4.75. The molecule has 206 valence electrons. The number of hydrogen-bond donors (Lipinski definition) is 0. The van der Waals surface area contributed by atoms with Crippen LogP contribution in [0.25, 0.3) is 6.08 Å². The van der Waals surface area contributed by atoms with Crippen LogP contribution in [0.2, 0.25) is 0 Å². The monoisotopic (exact) mass is 538 g/mol. The zero-order valence-corrected chi connectivity index (χ0v) is 23.0. The van der Waals surface area contributed by atoms with Crippen LogP contribution in [0.15, 0.2) is 96.3 Å². The first-order valence-electron chi connectivity index (χ1n) is 13.4. The molecule has 0 unspecified atom stereocenters. The fourth-order valence-electron chi connectivity index (χ4n) is 4.75. The summed E-state index contributed by atoms with van der Waals surface area (Å²) in [5, 5.41) is 6.61. The van der Waals surface area contributed by atoms with Crippen LogP contribution in [0, 0.1) is 0 Å². The van der Waals surface area contributed by atoms with Crippen molar-refractivity contribution in [1.82, 2.24) is 9.91 Å². The number of hydrogen-bond acceptors (Lipinski definition) is 7. The first-order chi connectivity index (χ1) is 19.6. The Bertz CT molecular complexity index is 1330. The summed E-state index contributed by atoms with van der Waals surface area (Å²) in [6.07, 6.45) is 6.81. The van der Waals surface area contributed by atoms with E-state index < -0.39 is 0 Å². The molecule has 3 aromatic carbocycles. The van der Waals surface area contributed by atoms with E-state index in [4.69, 9.17) is 14.2 Å². The summed E-state index contributed by atoms with van der Waals surface area (Å²) in [6.45, 7) is 5.85. The lowest BCUT2D eigenvalue weighted by Gasteiger charge is -2.26. The zero-order chi connectivity index (χ0) is 27.9. The van der Waals surface area contributed by atoms with Gasteiger partial charge >= 0.3 is 6.02 Å². The Kier molecular flexibility index (Phi) is 8.35. The van der Waals surface area contributed by atoms with Crippen LogP contribution in [0.5, 0.6) is 11.5 Å². The Hall–Kier alpha value is -4.72. The minimum atomic E-state index is -0.224. The van der Waals surface area contributed by atoms with Gasteiger partial charge in [0.05, 0.1) is 14.2 Å². The topological polar surface area (TPSA) is 66.8 Å². The number of amidine groups is 1. The molecule has 1 amide bonds. The molecule has 5 rings (SSSR count). The van der Waals surface area contributed by atoms with Crippen LogP contribution < -0.4 is 14.4 Å². The third-order valence-corrected chi connectivity index (χ3v) is 6.87. The number of rotatable bonds is 9. The van der Waals surface area contributed by atoms with Gasteiger partial charge in [-0.1, -0.05) is 18.2 Å². The van der Waals surface area contributed by atoms with Crippen molar-refractivity contribution < 1.29 is 19.0 Å². The highest BCUT2D eigenvalue weighted by molar-refractivity contribution is 6.11. The van der Waals surface area contributed by atoms with Crippen molar-refractivity contribution in [3.63, 3.8) is 0 Å². The smallest absolute Gasteiger partial charge is 0.322 e. The SMILES string of the molecule is C=CCN1C(=O)C(=Cc2ccc(N(c3ccc(OC)cc3)c3ccc(OC)cc3)cc2)OC1=NN1CCCCC1. The zero-order valence-electron chi connectivity index (χ0n) is 23.0. The number of anilines is 3. The molecule has 0 saturated carbocycles. The van der Waals surface area contributed by atoms with Crippen molar-refractivity contribution in [2.24, 2.45) is 5.10 Å². The van der Waals surface area contributed by atoms with Gasteiger partial charge in [0.1, 0.15) is 11.5 Å². The average molecular weight is 539 g/mol. The highest BCUT2D eigenvalue weighted by Gasteiger charge is 2.35. The van der Waals surface area contributed by atoms with Crippen LogP contribution >= 0.6 is 0 Å². The van der Waals surface area contributed by atoms with Gasteiger partial charge in [0.2, 0.25) is 0 Å². The molecule has 0 spiro atoms. The van der Waals surface area contributed by atoms with E-state index >= 15 is 0 Å². The van der Waals surface area contributed by atoms with Crippen LogP contribution in [0.4, 0.5) is 17.1 Å². The quantitative estimate of drug-likeness (QED) is 0.235. The Morgan fingerprint density at radius 2 is 1.38 bits per heavy atom. The van der Waals surface area contributed by atoms with E-state index in [1.54, 1.807) is 26.4 Å². The summed E-state index contributed by atoms with van der Waals surface area (Å²) in [6, 6.07) is 24.1. The molecule has 8 nitrogen and oxygen atoms in total. The van der Waals surface area contributed by atoms with E-state index in [-0.39, 0.29) is 11.7 Å². The van der Waals surface area contributed by atoms with E-state index in [0.29, 0.717) is 12.6 Å². The van der Waals surface area contributed by atoms with Gasteiger partial charge in [-0.2, -0.15) is 0 Å². The van der Waals surface area contributed by atoms with Gasteiger partial charge in [-0.3, -0.25) is 14.7 Å². The maximum absolute atomic E-state index is 13.2. The van der Waals surface area contributed by atoms with Gasteiger partial charge in [0.15, 0.2) is 5.76 Å². The summed E-state index contributed by atoms with van der Waals surface area (Å²) in [5.74, 6) is 1.59. The second kappa shape index (κ2) is 12.4. The Balaban J connectivity index is 1.42. The van der Waals surface area contributed by atoms with Crippen molar-refractivity contribution in [2.45, 2.75) is 19.3 Å². The maximum Gasteiger partial charge on any atom is 0.322 e. The van der Waals surface area contributed by atoms with Crippen molar-refractivity contribution in [2.75, 3.05) is 38.8 Å². The number of carbonyl (C=O) groups is 1. The van der Waals surface area contributed by atoms with E-state index in [2.05, 4.69) is 16.6 Å². The summed E-state index contributed by atoms with van der Waals surface area (Å²) >= 11 is 0. The molecule has 2 saturated heterocycles. The minimum Gasteiger partial charge on any atom is -0.497 e. The van der Waals surface area contributed by atoms with Crippen molar-refractivity contribution in [3.8, 4) is 11.5 Å². The molecule has 2 fully saturated rings. The number of methoxy groups -OCH3 is 2. The largest absolute Gasteiger partial charge is 0.497 e. The number of nitrogens with zero attached hydrogens (tertiary/aromatic N) is 4. The molecule has 3 aromatic rings. The lowest BCUT2D eigenvalue weighted by Crippen LogP contribution is -2.33. The first kappa shape index (κ1) is 26.9. The van der Waals surface area contributed by atoms with Gasteiger partial charge < -0.3 is 19.1 Å². The molecule has 0 radical (unpaired) electrons. The second-order valence-corrected chi connectivity index (χ2v) is 9.53. The predicted molar refractivity (Wildman–Crippen MR) is 158 cm³/mol. The summed E-state index contributed by atoms with van der Waals surface area (Å²) in [5.41, 5.74) is 3.75. The molecular weight excluding hydrogens is 504 g/mol. The van der Waals surface area contributed by atoms with E-state index in [1.165, 1.54) is 11.3 Å². The van der Waals surface area contributed by atoms with Crippen molar-refractivity contribution in [3.05, 3.63) is 96.8 Å². The number of piperidine rings is 1. The van der Waals surface area contributed by atoms with Crippen LogP contribution in [-0.4, -0.2) is 55.7 Å². The van der Waals surface area contributed by atoms with Gasteiger partial charge in [-0.15, -0.1) is 11.7 Å². The molecule has 0 N–H and O–H groups in total. The van der Waals surface area contributed by atoms with Crippen molar-refractivity contribution >= 4 is 35.1 Å². The first-order valence-corrected chi connectivity index (χ1v) is 13.4. The molecule has 0 aromatic heterocycles. The summed E-state index contributed by atoms with van der Waals surface area (Å²) < 4.78 is 16.7. The number of hydrazone groups is 1. The summed E-state index contributed by atoms with van der Waals surface area (Å²) in [4.78, 5) is 16.8. The van der Waals surface area contributed by atoms with Gasteiger partial charge in [0.25, 0.3) is 5.91 Å². The molecule has 2 aliphatic rings. The summed E-state index contributed by atoms with van der Waals surface area (Å²) in [7, 11) is 3.31. The molecule has 2 aliphatic heterocycles. The molecule has 0 aliphatic carbocycles. The predicted octanol–water partition coefficient (Wildman–Crippen LogP) is 6.32. The molecule has 2 heterocycles. The molecule has 8 heteroatoms. The van der Waals surface area contributed by atoms with E-state index in [9.17, 15) is 4.79 Å². The number of carbonyl (C=O) groups excluding carboxylic acids is 1. The highest BCUT2D eigenvalue weighted by Crippen LogP contribution is 2.36. The fraction of sp³-hybridized carbons (Fsp3) is 0.250. The number of amides is 1. The Labute approximate surface area is 235 Å². The third kappa shape index (κ3) is 5.96. The molecule has 0 atom stereocenters. The standard InChI is InChI=1S/C32H34N4O4/c1-4-20-35-31(37)30(40-32(35)33-34-21-6-5-7-22-34)23-24-8-10-25(11-9-24)36(26-12-16-28(38-2)17-13-26)27-14-18-29(39-3)19-15-27/h4,8-19,23H,1,5-7,20-22H2,2-3H3. The molecule has 0 bridgehead atoms. The van der Waals surface area contributed by atoms with E-state index in [1.807, 2.05) is 77.8 Å². The van der Waals surface area contributed by atoms with Gasteiger partial charge in [-0.25, -0.2) is 0 Å². The lowest BCUT2D eigenvalue weighted by atomic mass is 10.1. The van der Waals surface area contributed by atoms with Crippen LogP contribution in [-0.2, 0) is 9.53 Å². The van der Waals surface area contributed by atoms with E-state index in [0.717, 1.165) is 60.1 Å². The molecule has 40 heavy (non-hydrogen) atoms. The van der Waals surface area contributed by atoms with Crippen LogP contribution in [0.3, 0.4) is 0 Å². The Morgan fingerprint density at radius 3 is 1.88 bits per heavy atom. The van der Waals surface area contributed by atoms with Gasteiger partial charge in [0, 0.05) is 36.7 Å². The van der Waals surface area contributed by atoms with Crippen molar-refractivity contribution in [1.29, 1.82) is 0 Å².